The summed E-state index contributed by atoms with van der Waals surface area (Å²) in [6, 6.07) is 5.44. The minimum Gasteiger partial charge on any atom is -0.495 e. The number of halogens is 2. The number of aryl methyl sites for hydroxylation is 2. The molecule has 0 saturated heterocycles. The van der Waals surface area contributed by atoms with Crippen molar-refractivity contribution >= 4 is 34.5 Å². The summed E-state index contributed by atoms with van der Waals surface area (Å²) in [7, 11) is 1.54. The number of fused-ring (bicyclic) bond motifs is 1. The molecule has 3 rings (SSSR count). The molecule has 0 spiro atoms. The standard InChI is InChI=1S/C16H16Cl2O2S/c1-20-13-8-11(17)10(7-12(13)18)16(19)15-6-9-4-2-3-5-14(9)21-15/h6-8,16,19H,2-5H2,1H3. The van der Waals surface area contributed by atoms with Crippen LogP contribution in [0.25, 0.3) is 0 Å². The Labute approximate surface area is 138 Å². The molecule has 1 aliphatic carbocycles. The molecule has 0 bridgehead atoms. The van der Waals surface area contributed by atoms with Gasteiger partial charge in [0.25, 0.3) is 0 Å². The summed E-state index contributed by atoms with van der Waals surface area (Å²) >= 11 is 14.1. The smallest absolute Gasteiger partial charge is 0.138 e. The van der Waals surface area contributed by atoms with Gasteiger partial charge in [0.05, 0.1) is 17.2 Å². The van der Waals surface area contributed by atoms with Crippen molar-refractivity contribution in [2.24, 2.45) is 0 Å². The van der Waals surface area contributed by atoms with E-state index < -0.39 is 6.10 Å². The van der Waals surface area contributed by atoms with Gasteiger partial charge in [0.2, 0.25) is 0 Å². The number of aliphatic hydroxyl groups is 1. The molecular weight excluding hydrogens is 327 g/mol. The lowest BCUT2D eigenvalue weighted by Gasteiger charge is -2.13. The van der Waals surface area contributed by atoms with Crippen molar-refractivity contribution in [2.45, 2.75) is 31.8 Å². The van der Waals surface area contributed by atoms with Crippen LogP contribution >= 0.6 is 34.5 Å². The van der Waals surface area contributed by atoms with E-state index in [9.17, 15) is 5.11 Å². The van der Waals surface area contributed by atoms with Crippen LogP contribution in [0, 0.1) is 0 Å². The van der Waals surface area contributed by atoms with Crippen molar-refractivity contribution in [3.05, 3.63) is 49.1 Å². The molecule has 1 aromatic heterocycles. The maximum absolute atomic E-state index is 10.6. The quantitative estimate of drug-likeness (QED) is 0.848. The molecule has 0 amide bonds. The van der Waals surface area contributed by atoms with Gasteiger partial charge in [0, 0.05) is 21.4 Å². The van der Waals surface area contributed by atoms with Crippen LogP contribution in [0.1, 0.15) is 39.8 Å². The highest BCUT2D eigenvalue weighted by molar-refractivity contribution is 7.12. The first-order valence-corrected chi connectivity index (χ1v) is 8.50. The van der Waals surface area contributed by atoms with E-state index in [-0.39, 0.29) is 0 Å². The lowest BCUT2D eigenvalue weighted by atomic mass is 9.98. The molecular formula is C16H16Cl2O2S. The molecule has 1 N–H and O–H groups in total. The second kappa shape index (κ2) is 6.17. The Hall–Kier alpha value is -0.740. The highest BCUT2D eigenvalue weighted by atomic mass is 35.5. The molecule has 0 fully saturated rings. The van der Waals surface area contributed by atoms with Crippen LogP contribution in [-0.4, -0.2) is 12.2 Å². The van der Waals surface area contributed by atoms with Gasteiger partial charge in [-0.25, -0.2) is 0 Å². The van der Waals surface area contributed by atoms with Gasteiger partial charge in [-0.3, -0.25) is 0 Å². The van der Waals surface area contributed by atoms with Crippen LogP contribution < -0.4 is 4.74 Å². The van der Waals surface area contributed by atoms with Gasteiger partial charge in [-0.05, 0) is 43.4 Å². The van der Waals surface area contributed by atoms with E-state index in [1.165, 1.54) is 23.3 Å². The van der Waals surface area contributed by atoms with E-state index in [1.54, 1.807) is 30.6 Å². The highest BCUT2D eigenvalue weighted by Gasteiger charge is 2.21. The number of ether oxygens (including phenoxy) is 1. The van der Waals surface area contributed by atoms with Gasteiger partial charge >= 0.3 is 0 Å². The molecule has 1 heterocycles. The Morgan fingerprint density at radius 1 is 1.14 bits per heavy atom. The zero-order chi connectivity index (χ0) is 15.0. The summed E-state index contributed by atoms with van der Waals surface area (Å²) in [5.74, 6) is 0.517. The molecule has 0 radical (unpaired) electrons. The topological polar surface area (TPSA) is 29.5 Å². The maximum Gasteiger partial charge on any atom is 0.138 e. The summed E-state index contributed by atoms with van der Waals surface area (Å²) in [4.78, 5) is 2.33. The first-order chi connectivity index (χ1) is 10.1. The zero-order valence-electron chi connectivity index (χ0n) is 11.7. The second-order valence-corrected chi connectivity index (χ2v) is 7.20. The summed E-state index contributed by atoms with van der Waals surface area (Å²) in [6.07, 6.45) is 3.95. The molecule has 1 aromatic carbocycles. The fourth-order valence-electron chi connectivity index (χ4n) is 2.71. The number of hydrogen-bond acceptors (Lipinski definition) is 3. The van der Waals surface area contributed by atoms with Crippen molar-refractivity contribution in [2.75, 3.05) is 7.11 Å². The first kappa shape index (κ1) is 15.2. The molecule has 1 unspecified atom stereocenters. The molecule has 21 heavy (non-hydrogen) atoms. The molecule has 0 aliphatic heterocycles. The fourth-order valence-corrected chi connectivity index (χ4v) is 4.48. The monoisotopic (exact) mass is 342 g/mol. The summed E-state index contributed by atoms with van der Waals surface area (Å²) in [5, 5.41) is 11.6. The third-order valence-electron chi connectivity index (χ3n) is 3.85. The van der Waals surface area contributed by atoms with Crippen LogP contribution in [0.3, 0.4) is 0 Å². The summed E-state index contributed by atoms with van der Waals surface area (Å²) < 4.78 is 5.14. The van der Waals surface area contributed by atoms with E-state index in [4.69, 9.17) is 27.9 Å². The second-order valence-electron chi connectivity index (χ2n) is 5.22. The highest BCUT2D eigenvalue weighted by Crippen LogP contribution is 2.40. The average Bonchev–Trinajstić information content (AvgIpc) is 2.92. The van der Waals surface area contributed by atoms with Gasteiger partial charge in [0.1, 0.15) is 11.9 Å². The third kappa shape index (κ3) is 2.93. The Bertz CT molecular complexity index is 643. The predicted octanol–water partition coefficient (Wildman–Crippen LogP) is 5.02. The number of aliphatic hydroxyl groups excluding tert-OH is 1. The van der Waals surface area contributed by atoms with Gasteiger partial charge < -0.3 is 9.84 Å². The third-order valence-corrected chi connectivity index (χ3v) is 5.76. The molecule has 0 saturated carbocycles. The van der Waals surface area contributed by atoms with E-state index in [0.29, 0.717) is 21.4 Å². The van der Waals surface area contributed by atoms with Crippen LogP contribution in [0.2, 0.25) is 10.0 Å². The van der Waals surface area contributed by atoms with Crippen molar-refractivity contribution < 1.29 is 9.84 Å². The zero-order valence-corrected chi connectivity index (χ0v) is 14.0. The van der Waals surface area contributed by atoms with Gasteiger partial charge in [-0.15, -0.1) is 11.3 Å². The summed E-state index contributed by atoms with van der Waals surface area (Å²) in [5.41, 5.74) is 2.00. The molecule has 2 nitrogen and oxygen atoms in total. The van der Waals surface area contributed by atoms with Gasteiger partial charge in [0.15, 0.2) is 0 Å². The molecule has 5 heteroatoms. The lowest BCUT2D eigenvalue weighted by Crippen LogP contribution is -1.99. The maximum atomic E-state index is 10.6. The van der Waals surface area contributed by atoms with E-state index in [1.807, 2.05) is 0 Å². The van der Waals surface area contributed by atoms with Crippen molar-refractivity contribution in [3.8, 4) is 5.75 Å². The lowest BCUT2D eigenvalue weighted by molar-refractivity contribution is 0.224. The van der Waals surface area contributed by atoms with Gasteiger partial charge in [-0.2, -0.15) is 0 Å². The number of rotatable bonds is 3. The summed E-state index contributed by atoms with van der Waals surface area (Å²) in [6.45, 7) is 0. The van der Waals surface area contributed by atoms with Crippen molar-refractivity contribution in [3.63, 3.8) is 0 Å². The first-order valence-electron chi connectivity index (χ1n) is 6.92. The van der Waals surface area contributed by atoms with Gasteiger partial charge in [-0.1, -0.05) is 23.2 Å². The Morgan fingerprint density at radius 2 is 1.90 bits per heavy atom. The van der Waals surface area contributed by atoms with Crippen LogP contribution in [-0.2, 0) is 12.8 Å². The van der Waals surface area contributed by atoms with Crippen molar-refractivity contribution in [1.82, 2.24) is 0 Å². The van der Waals surface area contributed by atoms with Crippen LogP contribution in [0.15, 0.2) is 18.2 Å². The molecule has 2 aromatic rings. The Morgan fingerprint density at radius 3 is 2.62 bits per heavy atom. The van der Waals surface area contributed by atoms with E-state index in [0.717, 1.165) is 17.7 Å². The minimum atomic E-state index is -0.739. The van der Waals surface area contributed by atoms with Crippen molar-refractivity contribution in [1.29, 1.82) is 0 Å². The van der Waals surface area contributed by atoms with E-state index >= 15 is 0 Å². The number of benzene rings is 1. The molecule has 1 atom stereocenters. The SMILES string of the molecule is COc1cc(Cl)c(C(O)c2cc3c(s2)CCCC3)cc1Cl. The van der Waals surface area contributed by atoms with Crippen LogP contribution in [0.4, 0.5) is 0 Å². The number of hydrogen-bond donors (Lipinski definition) is 1. The minimum absolute atomic E-state index is 0.456. The average molecular weight is 343 g/mol. The van der Waals surface area contributed by atoms with E-state index in [2.05, 4.69) is 6.07 Å². The number of thiophene rings is 1. The predicted molar refractivity (Wildman–Crippen MR) is 88.0 cm³/mol. The normalized spacial score (nSPS) is 15.6. The largest absolute Gasteiger partial charge is 0.495 e. The number of methoxy groups -OCH3 is 1. The Balaban J connectivity index is 1.96. The van der Waals surface area contributed by atoms with Crippen LogP contribution in [0.5, 0.6) is 5.75 Å². The molecule has 112 valence electrons. The fraction of sp³-hybridized carbons (Fsp3) is 0.375. The molecule has 1 aliphatic rings. The Kier molecular flexibility index (Phi) is 4.46.